The number of ether oxygens (including phenoxy) is 3. The van der Waals surface area contributed by atoms with Crippen molar-refractivity contribution in [3.63, 3.8) is 0 Å². The molecule has 2 aromatic heterocycles. The summed E-state index contributed by atoms with van der Waals surface area (Å²) in [6.45, 7) is 4.82. The third kappa shape index (κ3) is 5.15. The SMILES string of the molecule is CCOC(=O)c1c(C(=O)OCC)c2c(-c3ccccc3)cc(N3CCOCC3)nn2c1CC(F)(F)F. The van der Waals surface area contributed by atoms with Crippen LogP contribution < -0.4 is 4.90 Å². The molecule has 0 bridgehead atoms. The van der Waals surface area contributed by atoms with Gasteiger partial charge >= 0.3 is 18.1 Å². The highest BCUT2D eigenvalue weighted by Crippen LogP contribution is 2.37. The molecule has 1 aromatic carbocycles. The zero-order valence-electron chi connectivity index (χ0n) is 19.9. The Labute approximate surface area is 205 Å². The monoisotopic (exact) mass is 505 g/mol. The van der Waals surface area contributed by atoms with E-state index in [1.807, 2.05) is 4.90 Å². The summed E-state index contributed by atoms with van der Waals surface area (Å²) in [5.74, 6) is -1.57. The van der Waals surface area contributed by atoms with Gasteiger partial charge in [-0.25, -0.2) is 14.1 Å². The zero-order chi connectivity index (χ0) is 25.9. The molecule has 1 saturated heterocycles. The largest absolute Gasteiger partial charge is 0.462 e. The predicted octanol–water partition coefficient (Wildman–Crippen LogP) is 4.30. The standard InChI is InChI=1S/C25H26F3N3O5/c1-3-35-23(32)20-18(15-25(26,27)28)31-22(21(20)24(33)36-4-2)17(16-8-6-5-7-9-16)14-19(29-31)30-10-12-34-13-11-30/h5-9,14H,3-4,10-13,15H2,1-2H3. The molecule has 0 N–H and O–H groups in total. The first-order valence-corrected chi connectivity index (χ1v) is 11.6. The van der Waals surface area contributed by atoms with Crippen LogP contribution in [0, 0.1) is 0 Å². The summed E-state index contributed by atoms with van der Waals surface area (Å²) >= 11 is 0. The van der Waals surface area contributed by atoms with Crippen molar-refractivity contribution in [2.24, 2.45) is 0 Å². The topological polar surface area (TPSA) is 82.4 Å². The van der Waals surface area contributed by atoms with Crippen LogP contribution in [0.2, 0.25) is 0 Å². The molecule has 1 fully saturated rings. The Morgan fingerprint density at radius 3 is 2.19 bits per heavy atom. The second-order valence-corrected chi connectivity index (χ2v) is 8.07. The minimum atomic E-state index is -4.69. The normalized spacial score (nSPS) is 14.2. The van der Waals surface area contributed by atoms with Crippen LogP contribution in [0.15, 0.2) is 36.4 Å². The van der Waals surface area contributed by atoms with Crippen molar-refractivity contribution < 1.29 is 37.0 Å². The molecule has 1 aliphatic rings. The summed E-state index contributed by atoms with van der Waals surface area (Å²) in [6, 6.07) is 10.6. The number of rotatable bonds is 7. The number of carbonyl (C=O) groups excluding carboxylic acids is 2. The summed E-state index contributed by atoms with van der Waals surface area (Å²) in [5.41, 5.74) is -0.137. The number of carbonyl (C=O) groups is 2. The number of hydrogen-bond donors (Lipinski definition) is 0. The molecule has 0 saturated carbocycles. The van der Waals surface area contributed by atoms with E-state index in [-0.39, 0.29) is 24.3 Å². The predicted molar refractivity (Wildman–Crippen MR) is 125 cm³/mol. The third-order valence-corrected chi connectivity index (χ3v) is 5.72. The van der Waals surface area contributed by atoms with E-state index in [9.17, 15) is 22.8 Å². The molecule has 1 aliphatic heterocycles. The molecule has 3 aromatic rings. The van der Waals surface area contributed by atoms with Crippen LogP contribution in [0.4, 0.5) is 19.0 Å². The number of fused-ring (bicyclic) bond motifs is 1. The second kappa shape index (κ2) is 10.6. The molecule has 192 valence electrons. The number of anilines is 1. The van der Waals surface area contributed by atoms with Crippen molar-refractivity contribution in [2.45, 2.75) is 26.4 Å². The van der Waals surface area contributed by atoms with Gasteiger partial charge in [-0.15, -0.1) is 5.10 Å². The summed E-state index contributed by atoms with van der Waals surface area (Å²) in [5, 5.41) is 4.51. The maximum absolute atomic E-state index is 13.8. The van der Waals surface area contributed by atoms with E-state index in [1.165, 1.54) is 6.92 Å². The van der Waals surface area contributed by atoms with Crippen molar-refractivity contribution in [2.75, 3.05) is 44.4 Å². The van der Waals surface area contributed by atoms with E-state index >= 15 is 0 Å². The van der Waals surface area contributed by atoms with E-state index in [0.717, 1.165) is 4.52 Å². The van der Waals surface area contributed by atoms with Crippen LogP contribution >= 0.6 is 0 Å². The Balaban J connectivity index is 2.13. The highest BCUT2D eigenvalue weighted by molar-refractivity contribution is 6.12. The fourth-order valence-electron chi connectivity index (χ4n) is 4.26. The average molecular weight is 505 g/mol. The van der Waals surface area contributed by atoms with Crippen LogP contribution in [-0.4, -0.2) is 67.2 Å². The van der Waals surface area contributed by atoms with Crippen LogP contribution in [-0.2, 0) is 20.6 Å². The average Bonchev–Trinajstić information content (AvgIpc) is 3.17. The van der Waals surface area contributed by atoms with Gasteiger partial charge < -0.3 is 19.1 Å². The van der Waals surface area contributed by atoms with Crippen LogP contribution in [0.1, 0.15) is 40.3 Å². The Morgan fingerprint density at radius 2 is 1.61 bits per heavy atom. The number of halogens is 3. The van der Waals surface area contributed by atoms with Crippen molar-refractivity contribution in [3.05, 3.63) is 53.2 Å². The van der Waals surface area contributed by atoms with Gasteiger partial charge in [0.25, 0.3) is 0 Å². The lowest BCUT2D eigenvalue weighted by Crippen LogP contribution is -2.37. The lowest BCUT2D eigenvalue weighted by atomic mass is 10.0. The summed E-state index contributed by atoms with van der Waals surface area (Å²) in [7, 11) is 0. The molecule has 0 radical (unpaired) electrons. The molecule has 0 amide bonds. The van der Waals surface area contributed by atoms with Gasteiger partial charge in [0.15, 0.2) is 0 Å². The third-order valence-electron chi connectivity index (χ3n) is 5.72. The second-order valence-electron chi connectivity index (χ2n) is 8.07. The molecule has 0 unspecified atom stereocenters. The number of aromatic nitrogens is 2. The van der Waals surface area contributed by atoms with Gasteiger partial charge in [-0.05, 0) is 25.5 Å². The van der Waals surface area contributed by atoms with E-state index < -0.39 is 35.8 Å². The van der Waals surface area contributed by atoms with E-state index in [4.69, 9.17) is 14.2 Å². The lowest BCUT2D eigenvalue weighted by Gasteiger charge is -2.28. The molecule has 36 heavy (non-hydrogen) atoms. The number of morpholine rings is 1. The highest BCUT2D eigenvalue weighted by atomic mass is 19.4. The van der Waals surface area contributed by atoms with Crippen LogP contribution in [0.3, 0.4) is 0 Å². The number of hydrogen-bond acceptors (Lipinski definition) is 7. The Kier molecular flexibility index (Phi) is 7.48. The Bertz CT molecular complexity index is 1250. The van der Waals surface area contributed by atoms with Crippen LogP contribution in [0.25, 0.3) is 16.6 Å². The van der Waals surface area contributed by atoms with Gasteiger partial charge in [0.2, 0.25) is 0 Å². The first kappa shape index (κ1) is 25.5. The highest BCUT2D eigenvalue weighted by Gasteiger charge is 2.38. The molecular formula is C25H26F3N3O5. The first-order valence-electron chi connectivity index (χ1n) is 11.6. The van der Waals surface area contributed by atoms with E-state index in [2.05, 4.69) is 5.10 Å². The van der Waals surface area contributed by atoms with Crippen LogP contribution in [0.5, 0.6) is 0 Å². The first-order chi connectivity index (χ1) is 17.2. The maximum Gasteiger partial charge on any atom is 0.394 e. The lowest BCUT2D eigenvalue weighted by molar-refractivity contribution is -0.128. The molecule has 0 spiro atoms. The van der Waals surface area contributed by atoms with Crippen molar-refractivity contribution >= 4 is 23.3 Å². The quantitative estimate of drug-likeness (QED) is 0.443. The van der Waals surface area contributed by atoms with Gasteiger partial charge in [-0.1, -0.05) is 30.3 Å². The Morgan fingerprint density at radius 1 is 1.00 bits per heavy atom. The van der Waals surface area contributed by atoms with Gasteiger partial charge in [0, 0.05) is 18.7 Å². The van der Waals surface area contributed by atoms with Gasteiger partial charge in [-0.3, -0.25) is 0 Å². The molecule has 11 heteroatoms. The summed E-state index contributed by atoms with van der Waals surface area (Å²) in [6.07, 6.45) is -6.18. The smallest absolute Gasteiger partial charge is 0.394 e. The molecule has 3 heterocycles. The van der Waals surface area contributed by atoms with Crippen molar-refractivity contribution in [3.8, 4) is 11.1 Å². The van der Waals surface area contributed by atoms with E-state index in [1.54, 1.807) is 43.3 Å². The molecule has 0 atom stereocenters. The fraction of sp³-hybridized carbons (Fsp3) is 0.400. The zero-order valence-corrected chi connectivity index (χ0v) is 19.9. The van der Waals surface area contributed by atoms with Gasteiger partial charge in [0.1, 0.15) is 11.4 Å². The minimum Gasteiger partial charge on any atom is -0.462 e. The molecular weight excluding hydrogens is 479 g/mol. The molecule has 0 aliphatic carbocycles. The molecule has 4 rings (SSSR count). The van der Waals surface area contributed by atoms with E-state index in [0.29, 0.717) is 43.2 Å². The number of alkyl halides is 3. The Hall–Kier alpha value is -3.60. The summed E-state index contributed by atoms with van der Waals surface area (Å²) in [4.78, 5) is 28.1. The number of nitrogens with zero attached hydrogens (tertiary/aromatic N) is 3. The maximum atomic E-state index is 13.8. The number of benzene rings is 1. The minimum absolute atomic E-state index is 0.0347. The fourth-order valence-corrected chi connectivity index (χ4v) is 4.26. The van der Waals surface area contributed by atoms with Gasteiger partial charge in [0.05, 0.1) is 49.6 Å². The van der Waals surface area contributed by atoms with Gasteiger partial charge in [-0.2, -0.15) is 13.2 Å². The van der Waals surface area contributed by atoms with Crippen molar-refractivity contribution in [1.82, 2.24) is 9.61 Å². The summed E-state index contributed by atoms with van der Waals surface area (Å²) < 4.78 is 58.1. The molecule has 8 nitrogen and oxygen atoms in total. The van der Waals surface area contributed by atoms with Crippen molar-refractivity contribution in [1.29, 1.82) is 0 Å². The number of esters is 2.